The number of carboxylic acid groups (broad SMARTS) is 1. The monoisotopic (exact) mass is 247 g/mol. The zero-order chi connectivity index (χ0) is 12.7. The number of hydrogen-bond acceptors (Lipinski definition) is 3. The molecule has 6 heteroatoms. The number of hydrogen-bond donors (Lipinski definition) is 1. The van der Waals surface area contributed by atoms with Gasteiger partial charge in [-0.25, -0.2) is 9.78 Å². The van der Waals surface area contributed by atoms with Crippen molar-refractivity contribution in [1.82, 2.24) is 14.8 Å². The minimum atomic E-state index is -1.31. The largest absolute Gasteiger partial charge is 0.478 e. The van der Waals surface area contributed by atoms with Gasteiger partial charge in [-0.05, 0) is 25.0 Å². The van der Waals surface area contributed by atoms with Crippen LogP contribution in [-0.4, -0.2) is 25.8 Å². The predicted molar refractivity (Wildman–Crippen MR) is 60.7 cm³/mol. The highest BCUT2D eigenvalue weighted by Gasteiger charge is 2.20. The van der Waals surface area contributed by atoms with Gasteiger partial charge in [-0.15, -0.1) is 0 Å². The van der Waals surface area contributed by atoms with Gasteiger partial charge in [-0.1, -0.05) is 0 Å². The molecule has 0 spiro atoms. The lowest BCUT2D eigenvalue weighted by atomic mass is 10.1. The molecule has 0 saturated heterocycles. The maximum absolute atomic E-state index is 13.5. The van der Waals surface area contributed by atoms with E-state index in [0.717, 1.165) is 30.6 Å². The Bertz CT molecular complexity index is 636. The summed E-state index contributed by atoms with van der Waals surface area (Å²) in [7, 11) is 0. The second-order valence-electron chi connectivity index (χ2n) is 4.17. The van der Waals surface area contributed by atoms with Gasteiger partial charge in [0, 0.05) is 17.8 Å². The van der Waals surface area contributed by atoms with Gasteiger partial charge in [0.2, 0.25) is 5.95 Å². The molecule has 0 amide bonds. The first-order valence-electron chi connectivity index (χ1n) is 5.61. The molecule has 0 bridgehead atoms. The smallest absolute Gasteiger partial charge is 0.340 e. The number of aromatic carboxylic acids is 1. The number of rotatable bonds is 2. The van der Waals surface area contributed by atoms with E-state index in [1.54, 1.807) is 6.20 Å². The normalized spacial score (nSPS) is 13.6. The van der Waals surface area contributed by atoms with Crippen LogP contribution in [0.2, 0.25) is 0 Å². The van der Waals surface area contributed by atoms with E-state index < -0.39 is 17.5 Å². The number of halogens is 1. The number of carbonyl (C=O) groups is 1. The van der Waals surface area contributed by atoms with Gasteiger partial charge in [-0.2, -0.15) is 9.49 Å². The van der Waals surface area contributed by atoms with Crippen molar-refractivity contribution in [3.05, 3.63) is 35.5 Å². The van der Waals surface area contributed by atoms with Crippen LogP contribution in [0.5, 0.6) is 0 Å². The first-order chi connectivity index (χ1) is 8.66. The minimum Gasteiger partial charge on any atom is -0.478 e. The van der Waals surface area contributed by atoms with Crippen molar-refractivity contribution >= 4 is 5.97 Å². The lowest BCUT2D eigenvalue weighted by molar-refractivity contribution is 0.0691. The maximum atomic E-state index is 13.5. The number of carboxylic acids is 1. The maximum Gasteiger partial charge on any atom is 0.340 e. The van der Waals surface area contributed by atoms with Gasteiger partial charge in [-0.3, -0.25) is 4.68 Å². The molecule has 3 rings (SSSR count). The molecule has 5 nitrogen and oxygen atoms in total. The molecule has 0 aromatic carbocycles. The second-order valence-corrected chi connectivity index (χ2v) is 4.17. The Labute approximate surface area is 102 Å². The van der Waals surface area contributed by atoms with Crippen LogP contribution in [-0.2, 0) is 13.0 Å². The van der Waals surface area contributed by atoms with Gasteiger partial charge in [0.05, 0.1) is 11.9 Å². The highest BCUT2D eigenvalue weighted by atomic mass is 19.1. The van der Waals surface area contributed by atoms with Crippen LogP contribution in [0.15, 0.2) is 18.3 Å². The third kappa shape index (κ3) is 1.57. The van der Waals surface area contributed by atoms with Gasteiger partial charge in [0.25, 0.3) is 0 Å². The Kier molecular flexibility index (Phi) is 2.36. The standard InChI is InChI=1S/C12H10FN3O2/c13-11-7(12(17)18)3-4-9(15-11)8-6-14-16-5-1-2-10(8)16/h3-4,6H,1-2,5H2,(H,17,18). The van der Waals surface area contributed by atoms with Gasteiger partial charge in [0.15, 0.2) is 0 Å². The Hall–Kier alpha value is -2.24. The molecule has 0 unspecified atom stereocenters. The van der Waals surface area contributed by atoms with E-state index in [1.807, 2.05) is 4.68 Å². The molecule has 2 aromatic heterocycles. The minimum absolute atomic E-state index is 0.414. The molecule has 0 atom stereocenters. The topological polar surface area (TPSA) is 68.0 Å². The summed E-state index contributed by atoms with van der Waals surface area (Å²) < 4.78 is 15.4. The fraction of sp³-hybridized carbons (Fsp3) is 0.250. The van der Waals surface area contributed by atoms with Crippen molar-refractivity contribution in [3.8, 4) is 11.3 Å². The van der Waals surface area contributed by atoms with E-state index in [9.17, 15) is 9.18 Å². The summed E-state index contributed by atoms with van der Waals surface area (Å²) in [6.07, 6.45) is 3.56. The summed E-state index contributed by atoms with van der Waals surface area (Å²) >= 11 is 0. The van der Waals surface area contributed by atoms with Crippen LogP contribution in [0.1, 0.15) is 22.5 Å². The van der Waals surface area contributed by atoms with Gasteiger partial charge < -0.3 is 5.11 Å². The molecule has 0 aliphatic carbocycles. The van der Waals surface area contributed by atoms with Crippen molar-refractivity contribution in [3.63, 3.8) is 0 Å². The molecule has 1 N–H and O–H groups in total. The molecule has 0 fully saturated rings. The third-order valence-electron chi connectivity index (χ3n) is 3.09. The van der Waals surface area contributed by atoms with E-state index in [0.29, 0.717) is 5.69 Å². The lowest BCUT2D eigenvalue weighted by Crippen LogP contribution is -2.03. The summed E-state index contributed by atoms with van der Waals surface area (Å²) in [6.45, 7) is 0.866. The van der Waals surface area contributed by atoms with E-state index in [1.165, 1.54) is 12.1 Å². The fourth-order valence-corrected chi connectivity index (χ4v) is 2.22. The van der Waals surface area contributed by atoms with Crippen LogP contribution in [0.3, 0.4) is 0 Å². The fourth-order valence-electron chi connectivity index (χ4n) is 2.22. The quantitative estimate of drug-likeness (QED) is 0.820. The number of fused-ring (bicyclic) bond motifs is 1. The Morgan fingerprint density at radius 2 is 2.28 bits per heavy atom. The summed E-state index contributed by atoms with van der Waals surface area (Å²) in [5.74, 6) is -2.27. The summed E-state index contributed by atoms with van der Waals surface area (Å²) in [5.41, 5.74) is 1.83. The van der Waals surface area contributed by atoms with Crippen LogP contribution in [0.25, 0.3) is 11.3 Å². The molecular formula is C12H10FN3O2. The third-order valence-corrected chi connectivity index (χ3v) is 3.09. The number of aromatic nitrogens is 3. The van der Waals surface area contributed by atoms with E-state index in [4.69, 9.17) is 5.11 Å². The number of nitrogens with zero attached hydrogens (tertiary/aromatic N) is 3. The van der Waals surface area contributed by atoms with E-state index in [2.05, 4.69) is 10.1 Å². The number of pyridine rings is 1. The SMILES string of the molecule is O=C(O)c1ccc(-c2cnn3c2CCC3)nc1F. The number of aryl methyl sites for hydroxylation is 1. The van der Waals surface area contributed by atoms with Crippen molar-refractivity contribution in [2.24, 2.45) is 0 Å². The molecule has 1 aliphatic rings. The van der Waals surface area contributed by atoms with Crippen LogP contribution in [0.4, 0.5) is 4.39 Å². The van der Waals surface area contributed by atoms with Crippen LogP contribution in [0, 0.1) is 5.95 Å². The van der Waals surface area contributed by atoms with Crippen molar-refractivity contribution in [1.29, 1.82) is 0 Å². The van der Waals surface area contributed by atoms with Crippen LogP contribution >= 0.6 is 0 Å². The molecule has 0 saturated carbocycles. The highest BCUT2D eigenvalue weighted by molar-refractivity contribution is 5.87. The Balaban J connectivity index is 2.07. The molecule has 18 heavy (non-hydrogen) atoms. The van der Waals surface area contributed by atoms with E-state index >= 15 is 0 Å². The van der Waals surface area contributed by atoms with Crippen LogP contribution < -0.4 is 0 Å². The Morgan fingerprint density at radius 1 is 1.44 bits per heavy atom. The molecule has 2 aromatic rings. The van der Waals surface area contributed by atoms with Gasteiger partial charge in [0.1, 0.15) is 5.56 Å². The molecule has 1 aliphatic heterocycles. The molecule has 92 valence electrons. The second kappa shape index (κ2) is 3.90. The molecule has 3 heterocycles. The predicted octanol–water partition coefficient (Wildman–Crippen LogP) is 1.73. The van der Waals surface area contributed by atoms with Crippen molar-refractivity contribution in [2.45, 2.75) is 19.4 Å². The Morgan fingerprint density at radius 3 is 3.00 bits per heavy atom. The zero-order valence-electron chi connectivity index (χ0n) is 9.43. The highest BCUT2D eigenvalue weighted by Crippen LogP contribution is 2.27. The van der Waals surface area contributed by atoms with Gasteiger partial charge >= 0.3 is 5.97 Å². The van der Waals surface area contributed by atoms with E-state index in [-0.39, 0.29) is 0 Å². The molecule has 0 radical (unpaired) electrons. The first kappa shape index (κ1) is 10.9. The lowest BCUT2D eigenvalue weighted by Gasteiger charge is -2.02. The molecular weight excluding hydrogens is 237 g/mol. The average Bonchev–Trinajstić information content (AvgIpc) is 2.89. The zero-order valence-corrected chi connectivity index (χ0v) is 9.43. The summed E-state index contributed by atoms with van der Waals surface area (Å²) in [6, 6.07) is 2.75. The average molecular weight is 247 g/mol. The summed E-state index contributed by atoms with van der Waals surface area (Å²) in [4.78, 5) is 14.4. The van der Waals surface area contributed by atoms with Crippen molar-refractivity contribution in [2.75, 3.05) is 0 Å². The first-order valence-corrected chi connectivity index (χ1v) is 5.61. The van der Waals surface area contributed by atoms with Crippen molar-refractivity contribution < 1.29 is 14.3 Å². The summed E-state index contributed by atoms with van der Waals surface area (Å²) in [5, 5.41) is 12.9.